The summed E-state index contributed by atoms with van der Waals surface area (Å²) < 4.78 is 34.6. The average molecular weight is 479 g/mol. The number of ether oxygens (including phenoxy) is 1. The molecule has 4 rings (SSSR count). The van der Waals surface area contributed by atoms with Crippen LogP contribution >= 0.6 is 0 Å². The summed E-state index contributed by atoms with van der Waals surface area (Å²) in [6.07, 6.45) is 1.03. The van der Waals surface area contributed by atoms with Crippen molar-refractivity contribution in [2.45, 2.75) is 77.6 Å². The summed E-state index contributed by atoms with van der Waals surface area (Å²) >= 11 is 0. The third kappa shape index (κ3) is 5.63. The van der Waals surface area contributed by atoms with Crippen LogP contribution in [0.1, 0.15) is 65.2 Å². The fourth-order valence-corrected chi connectivity index (χ4v) is 4.04. The quantitative estimate of drug-likeness (QED) is 0.656. The Kier molecular flexibility index (Phi) is 6.50. The van der Waals surface area contributed by atoms with Gasteiger partial charge in [0, 0.05) is 36.6 Å². The summed E-state index contributed by atoms with van der Waals surface area (Å²) in [6, 6.07) is 3.17. The van der Waals surface area contributed by atoms with Gasteiger partial charge in [0.25, 0.3) is 5.95 Å². The standard InChI is InChI=1S/C23H32F2N6O3/c1-14(32)17-7-10-31(29-17)21-27-18(26-15-5-8-23(24,25)9-6-15)11-19(28-21)34-16-12-30(13-16)20(33)22(2,3)4/h7,10-11,14-16,32H,5-6,8-9,12-13H2,1-4H3,(H,26,27,28). The number of alkyl halides is 2. The van der Waals surface area contributed by atoms with E-state index >= 15 is 0 Å². The van der Waals surface area contributed by atoms with Gasteiger partial charge in [0.15, 0.2) is 0 Å². The van der Waals surface area contributed by atoms with E-state index in [0.29, 0.717) is 43.3 Å². The molecule has 0 aromatic carbocycles. The molecule has 1 unspecified atom stereocenters. The third-order valence-corrected chi connectivity index (χ3v) is 6.07. The number of likely N-dealkylation sites (tertiary alicyclic amines) is 1. The minimum atomic E-state index is -2.61. The molecule has 1 aliphatic heterocycles. The summed E-state index contributed by atoms with van der Waals surface area (Å²) in [5.74, 6) is -1.57. The molecule has 3 heterocycles. The minimum absolute atomic E-state index is 0.0642. The SMILES string of the molecule is CC(O)c1ccn(-c2nc(NC3CCC(F)(F)CC3)cc(OC3CN(C(=O)C(C)(C)C)C3)n2)n1. The summed E-state index contributed by atoms with van der Waals surface area (Å²) in [5.41, 5.74) is 0.0112. The normalized spacial score (nSPS) is 20.0. The number of anilines is 1. The van der Waals surface area contributed by atoms with Gasteiger partial charge in [-0.05, 0) is 25.8 Å². The highest BCUT2D eigenvalue weighted by atomic mass is 19.3. The van der Waals surface area contributed by atoms with Crippen LogP contribution in [-0.4, -0.2) is 66.8 Å². The summed E-state index contributed by atoms with van der Waals surface area (Å²) in [4.78, 5) is 23.1. The first-order valence-electron chi connectivity index (χ1n) is 11.6. The van der Waals surface area contributed by atoms with E-state index in [2.05, 4.69) is 20.4 Å². The van der Waals surface area contributed by atoms with Crippen molar-refractivity contribution in [1.29, 1.82) is 0 Å². The number of aromatic nitrogens is 4. The molecule has 0 radical (unpaired) electrons. The lowest BCUT2D eigenvalue weighted by Gasteiger charge is -2.41. The van der Waals surface area contributed by atoms with Crippen molar-refractivity contribution in [3.8, 4) is 11.8 Å². The zero-order valence-corrected chi connectivity index (χ0v) is 20.0. The number of aliphatic hydroxyl groups is 1. The number of carbonyl (C=O) groups is 1. The molecule has 1 saturated carbocycles. The molecule has 1 atom stereocenters. The Hall–Kier alpha value is -2.82. The van der Waals surface area contributed by atoms with E-state index < -0.39 is 17.4 Å². The number of hydrogen-bond acceptors (Lipinski definition) is 7. The molecular weight excluding hydrogens is 446 g/mol. The van der Waals surface area contributed by atoms with Gasteiger partial charge >= 0.3 is 0 Å². The number of hydrogen-bond donors (Lipinski definition) is 2. The third-order valence-electron chi connectivity index (χ3n) is 6.07. The zero-order chi connectivity index (χ0) is 24.7. The van der Waals surface area contributed by atoms with Crippen molar-refractivity contribution in [1.82, 2.24) is 24.6 Å². The predicted molar refractivity (Wildman–Crippen MR) is 121 cm³/mol. The fraction of sp³-hybridized carbons (Fsp3) is 0.652. The van der Waals surface area contributed by atoms with Crippen LogP contribution in [0.3, 0.4) is 0 Å². The Bertz CT molecular complexity index is 1020. The van der Waals surface area contributed by atoms with Gasteiger partial charge in [-0.1, -0.05) is 20.8 Å². The van der Waals surface area contributed by atoms with Crippen molar-refractivity contribution in [3.05, 3.63) is 24.0 Å². The molecule has 1 amide bonds. The van der Waals surface area contributed by atoms with Crippen LogP contribution in [0, 0.1) is 5.41 Å². The van der Waals surface area contributed by atoms with Crippen molar-refractivity contribution < 1.29 is 23.4 Å². The highest BCUT2D eigenvalue weighted by Gasteiger charge is 2.38. The summed E-state index contributed by atoms with van der Waals surface area (Å²) in [7, 11) is 0. The van der Waals surface area contributed by atoms with E-state index in [-0.39, 0.29) is 36.8 Å². The van der Waals surface area contributed by atoms with Gasteiger partial charge < -0.3 is 20.1 Å². The number of carbonyl (C=O) groups excluding carboxylic acids is 1. The van der Waals surface area contributed by atoms with Crippen LogP contribution < -0.4 is 10.1 Å². The second-order valence-electron chi connectivity index (χ2n) is 10.2. The molecule has 34 heavy (non-hydrogen) atoms. The Balaban J connectivity index is 1.51. The predicted octanol–water partition coefficient (Wildman–Crippen LogP) is 3.34. The Morgan fingerprint density at radius 2 is 1.94 bits per heavy atom. The van der Waals surface area contributed by atoms with Gasteiger partial charge in [0.1, 0.15) is 11.9 Å². The lowest BCUT2D eigenvalue weighted by atomic mass is 9.92. The number of halogens is 2. The highest BCUT2D eigenvalue weighted by molar-refractivity contribution is 5.82. The number of aliphatic hydroxyl groups excluding tert-OH is 1. The topological polar surface area (TPSA) is 105 Å². The monoisotopic (exact) mass is 478 g/mol. The van der Waals surface area contributed by atoms with Crippen molar-refractivity contribution in [2.24, 2.45) is 5.41 Å². The van der Waals surface area contributed by atoms with E-state index in [1.54, 1.807) is 30.2 Å². The number of nitrogens with zero attached hydrogens (tertiary/aromatic N) is 5. The maximum Gasteiger partial charge on any atom is 0.255 e. The first-order chi connectivity index (χ1) is 15.9. The Morgan fingerprint density at radius 3 is 2.53 bits per heavy atom. The second kappa shape index (κ2) is 9.09. The number of rotatable bonds is 6. The number of amides is 1. The number of nitrogens with one attached hydrogen (secondary N) is 1. The highest BCUT2D eigenvalue weighted by Crippen LogP contribution is 2.34. The first kappa shape index (κ1) is 24.3. The van der Waals surface area contributed by atoms with E-state index in [1.165, 1.54) is 4.68 Å². The largest absolute Gasteiger partial charge is 0.470 e. The van der Waals surface area contributed by atoms with Crippen LogP contribution in [0.15, 0.2) is 18.3 Å². The summed E-state index contributed by atoms with van der Waals surface area (Å²) in [6.45, 7) is 8.18. The van der Waals surface area contributed by atoms with Crippen LogP contribution in [0.5, 0.6) is 5.88 Å². The van der Waals surface area contributed by atoms with E-state index in [0.717, 1.165) is 0 Å². The average Bonchev–Trinajstić information content (AvgIpc) is 3.21. The van der Waals surface area contributed by atoms with E-state index in [9.17, 15) is 18.7 Å². The molecule has 9 nitrogen and oxygen atoms in total. The van der Waals surface area contributed by atoms with Gasteiger partial charge in [-0.2, -0.15) is 15.1 Å². The first-order valence-corrected chi connectivity index (χ1v) is 11.6. The van der Waals surface area contributed by atoms with E-state index in [4.69, 9.17) is 4.74 Å². The van der Waals surface area contributed by atoms with Crippen LogP contribution in [0.2, 0.25) is 0 Å². The molecule has 2 N–H and O–H groups in total. The molecule has 1 aliphatic carbocycles. The van der Waals surface area contributed by atoms with Crippen LogP contribution in [-0.2, 0) is 4.79 Å². The Labute approximate surface area is 197 Å². The van der Waals surface area contributed by atoms with Crippen LogP contribution in [0.25, 0.3) is 5.95 Å². The minimum Gasteiger partial charge on any atom is -0.470 e. The molecule has 0 bridgehead atoms. The van der Waals surface area contributed by atoms with Crippen molar-refractivity contribution in [3.63, 3.8) is 0 Å². The molecule has 0 spiro atoms. The summed E-state index contributed by atoms with van der Waals surface area (Å²) in [5, 5.41) is 17.3. The molecule has 2 aromatic heterocycles. The molecular formula is C23H32F2N6O3. The van der Waals surface area contributed by atoms with Gasteiger partial charge in [-0.25, -0.2) is 13.5 Å². The van der Waals surface area contributed by atoms with Gasteiger partial charge in [0.05, 0.1) is 24.9 Å². The second-order valence-corrected chi connectivity index (χ2v) is 10.2. The smallest absolute Gasteiger partial charge is 0.255 e. The molecule has 2 aliphatic rings. The lowest BCUT2D eigenvalue weighted by Crippen LogP contribution is -2.58. The molecule has 11 heteroatoms. The van der Waals surface area contributed by atoms with Crippen molar-refractivity contribution in [2.75, 3.05) is 18.4 Å². The molecule has 2 aromatic rings. The lowest BCUT2D eigenvalue weighted by molar-refractivity contribution is -0.148. The van der Waals surface area contributed by atoms with Crippen LogP contribution in [0.4, 0.5) is 14.6 Å². The zero-order valence-electron chi connectivity index (χ0n) is 20.0. The van der Waals surface area contributed by atoms with Gasteiger partial charge in [-0.15, -0.1) is 0 Å². The maximum atomic E-state index is 13.6. The molecule has 1 saturated heterocycles. The van der Waals surface area contributed by atoms with Gasteiger partial charge in [-0.3, -0.25) is 4.79 Å². The van der Waals surface area contributed by atoms with Gasteiger partial charge in [0.2, 0.25) is 17.7 Å². The Morgan fingerprint density at radius 1 is 1.26 bits per heavy atom. The van der Waals surface area contributed by atoms with E-state index in [1.807, 2.05) is 20.8 Å². The fourth-order valence-electron chi connectivity index (χ4n) is 4.04. The molecule has 2 fully saturated rings. The van der Waals surface area contributed by atoms with Crippen molar-refractivity contribution >= 4 is 11.7 Å². The maximum absolute atomic E-state index is 13.6. The molecule has 186 valence electrons.